The molecule has 136 valence electrons. The number of amides is 1. The van der Waals surface area contributed by atoms with Crippen LogP contribution in [-0.4, -0.2) is 28.5 Å². The van der Waals surface area contributed by atoms with E-state index in [1.165, 1.54) is 0 Å². The summed E-state index contributed by atoms with van der Waals surface area (Å²) in [7, 11) is 0. The third kappa shape index (κ3) is 4.30. The Bertz CT molecular complexity index is 923. The first-order chi connectivity index (χ1) is 13.3. The van der Waals surface area contributed by atoms with Crippen LogP contribution >= 0.6 is 0 Å². The van der Waals surface area contributed by atoms with E-state index in [1.54, 1.807) is 12.4 Å². The van der Waals surface area contributed by atoms with Crippen molar-refractivity contribution in [3.05, 3.63) is 67.0 Å². The highest BCUT2D eigenvalue weighted by molar-refractivity contribution is 5.94. The third-order valence-electron chi connectivity index (χ3n) is 4.53. The minimum absolute atomic E-state index is 0.0293. The van der Waals surface area contributed by atoms with E-state index in [4.69, 9.17) is 0 Å². The lowest BCUT2D eigenvalue weighted by Crippen LogP contribution is -2.35. The summed E-state index contributed by atoms with van der Waals surface area (Å²) < 4.78 is 0. The topological polar surface area (TPSA) is 78.9 Å². The summed E-state index contributed by atoms with van der Waals surface area (Å²) in [4.78, 5) is 20.9. The molecular formula is C21H21N5O. The van der Waals surface area contributed by atoms with Crippen LogP contribution in [0.15, 0.2) is 67.0 Å². The molecule has 1 saturated heterocycles. The van der Waals surface area contributed by atoms with Crippen LogP contribution in [0.5, 0.6) is 0 Å². The molecule has 3 heterocycles. The summed E-state index contributed by atoms with van der Waals surface area (Å²) in [6.07, 6.45) is 5.36. The smallest absolute Gasteiger partial charge is 0.242 e. The van der Waals surface area contributed by atoms with Crippen LogP contribution in [0.25, 0.3) is 11.1 Å². The van der Waals surface area contributed by atoms with Gasteiger partial charge in [0.05, 0.1) is 6.04 Å². The van der Waals surface area contributed by atoms with Crippen molar-refractivity contribution in [3.63, 3.8) is 0 Å². The van der Waals surface area contributed by atoms with E-state index in [0.717, 1.165) is 42.0 Å². The minimum Gasteiger partial charge on any atom is -0.340 e. The fourth-order valence-corrected chi connectivity index (χ4v) is 3.15. The molecule has 27 heavy (non-hydrogen) atoms. The molecule has 0 spiro atoms. The van der Waals surface area contributed by atoms with E-state index in [0.29, 0.717) is 5.82 Å². The summed E-state index contributed by atoms with van der Waals surface area (Å²) in [5.41, 5.74) is 2.95. The van der Waals surface area contributed by atoms with Crippen molar-refractivity contribution >= 4 is 23.2 Å². The number of nitrogens with zero attached hydrogens (tertiary/aromatic N) is 2. The molecule has 4 rings (SSSR count). The standard InChI is InChI=1S/C21H21N5O/c27-21(18-7-4-10-22-18)26-20-14-16(9-12-24-20)15-8-11-23-19(13-15)25-17-5-2-1-3-6-17/h1-3,5-6,8-9,11-14,18,22H,4,7,10H2,(H,23,25)(H,24,26,27)/t18-/m0/s1. The van der Waals surface area contributed by atoms with Crippen molar-refractivity contribution < 1.29 is 4.79 Å². The van der Waals surface area contributed by atoms with Crippen LogP contribution in [0.2, 0.25) is 0 Å². The van der Waals surface area contributed by atoms with E-state index >= 15 is 0 Å². The molecule has 1 fully saturated rings. The molecule has 0 saturated carbocycles. The number of carbonyl (C=O) groups is 1. The predicted molar refractivity (Wildman–Crippen MR) is 107 cm³/mol. The Morgan fingerprint density at radius 1 is 0.963 bits per heavy atom. The molecule has 1 aliphatic heterocycles. The van der Waals surface area contributed by atoms with E-state index in [-0.39, 0.29) is 11.9 Å². The molecule has 2 aromatic heterocycles. The Labute approximate surface area is 158 Å². The van der Waals surface area contributed by atoms with Crippen molar-refractivity contribution in [2.75, 3.05) is 17.2 Å². The molecule has 0 bridgehead atoms. The molecule has 0 radical (unpaired) electrons. The van der Waals surface area contributed by atoms with E-state index in [1.807, 2.05) is 54.6 Å². The number of carbonyl (C=O) groups excluding carboxylic acids is 1. The molecule has 0 aliphatic carbocycles. The maximum absolute atomic E-state index is 12.3. The first-order valence-corrected chi connectivity index (χ1v) is 9.07. The number of benzene rings is 1. The van der Waals surface area contributed by atoms with Crippen molar-refractivity contribution in [1.82, 2.24) is 15.3 Å². The second-order valence-electron chi connectivity index (χ2n) is 6.49. The molecule has 6 heteroatoms. The van der Waals surface area contributed by atoms with Crippen LogP contribution in [0.3, 0.4) is 0 Å². The zero-order valence-electron chi connectivity index (χ0n) is 14.9. The monoisotopic (exact) mass is 359 g/mol. The van der Waals surface area contributed by atoms with E-state index < -0.39 is 0 Å². The molecule has 1 atom stereocenters. The second-order valence-corrected chi connectivity index (χ2v) is 6.49. The van der Waals surface area contributed by atoms with Gasteiger partial charge < -0.3 is 16.0 Å². The SMILES string of the molecule is O=C(Nc1cc(-c2ccnc(Nc3ccccc3)c2)ccn1)[C@@H]1CCCN1. The predicted octanol–water partition coefficient (Wildman–Crippen LogP) is 3.58. The van der Waals surface area contributed by atoms with Gasteiger partial charge in [0, 0.05) is 18.1 Å². The van der Waals surface area contributed by atoms with E-state index in [2.05, 4.69) is 25.9 Å². The summed E-state index contributed by atoms with van der Waals surface area (Å²) in [5, 5.41) is 9.40. The average molecular weight is 359 g/mol. The Balaban J connectivity index is 1.51. The van der Waals surface area contributed by atoms with Crippen LogP contribution in [0.4, 0.5) is 17.3 Å². The van der Waals surface area contributed by atoms with Gasteiger partial charge in [0.1, 0.15) is 11.6 Å². The largest absolute Gasteiger partial charge is 0.340 e. The van der Waals surface area contributed by atoms with E-state index in [9.17, 15) is 4.79 Å². The van der Waals surface area contributed by atoms with Gasteiger partial charge in [-0.05, 0) is 66.9 Å². The summed E-state index contributed by atoms with van der Waals surface area (Å²) in [6, 6.07) is 17.5. The maximum atomic E-state index is 12.3. The quantitative estimate of drug-likeness (QED) is 0.649. The van der Waals surface area contributed by atoms with Gasteiger partial charge in [-0.25, -0.2) is 9.97 Å². The Kier molecular flexibility index (Phi) is 5.07. The first kappa shape index (κ1) is 17.2. The van der Waals surface area contributed by atoms with Crippen LogP contribution in [0, 0.1) is 0 Å². The lowest BCUT2D eigenvalue weighted by Gasteiger charge is -2.12. The highest BCUT2D eigenvalue weighted by Crippen LogP contribution is 2.24. The molecule has 0 unspecified atom stereocenters. The second kappa shape index (κ2) is 7.97. The maximum Gasteiger partial charge on any atom is 0.242 e. The van der Waals surface area contributed by atoms with Crippen molar-refractivity contribution in [3.8, 4) is 11.1 Å². The third-order valence-corrected chi connectivity index (χ3v) is 4.53. The van der Waals surface area contributed by atoms with Crippen molar-refractivity contribution in [2.24, 2.45) is 0 Å². The van der Waals surface area contributed by atoms with Crippen molar-refractivity contribution in [2.45, 2.75) is 18.9 Å². The van der Waals surface area contributed by atoms with Gasteiger partial charge in [0.15, 0.2) is 0 Å². The first-order valence-electron chi connectivity index (χ1n) is 9.07. The molecule has 1 aromatic carbocycles. The number of rotatable bonds is 5. The molecular weight excluding hydrogens is 338 g/mol. The number of aromatic nitrogens is 2. The minimum atomic E-state index is -0.127. The zero-order chi connectivity index (χ0) is 18.5. The van der Waals surface area contributed by atoms with Gasteiger partial charge in [-0.2, -0.15) is 0 Å². The highest BCUT2D eigenvalue weighted by atomic mass is 16.2. The number of pyridine rings is 2. The van der Waals surface area contributed by atoms with Gasteiger partial charge in [-0.1, -0.05) is 18.2 Å². The van der Waals surface area contributed by atoms with Crippen LogP contribution < -0.4 is 16.0 Å². The van der Waals surface area contributed by atoms with Gasteiger partial charge in [0.2, 0.25) is 5.91 Å². The number of para-hydroxylation sites is 1. The number of hydrogen-bond acceptors (Lipinski definition) is 5. The van der Waals surface area contributed by atoms with Gasteiger partial charge in [-0.15, -0.1) is 0 Å². The van der Waals surface area contributed by atoms with Gasteiger partial charge in [-0.3, -0.25) is 4.79 Å². The van der Waals surface area contributed by atoms with Crippen LogP contribution in [-0.2, 0) is 4.79 Å². The summed E-state index contributed by atoms with van der Waals surface area (Å²) in [6.45, 7) is 0.889. The molecule has 1 amide bonds. The van der Waals surface area contributed by atoms with Crippen LogP contribution in [0.1, 0.15) is 12.8 Å². The normalized spacial score (nSPS) is 16.1. The molecule has 3 N–H and O–H groups in total. The fraction of sp³-hybridized carbons (Fsp3) is 0.190. The molecule has 1 aliphatic rings. The Morgan fingerprint density at radius 2 is 1.67 bits per heavy atom. The van der Waals surface area contributed by atoms with Gasteiger partial charge in [0.25, 0.3) is 0 Å². The number of hydrogen-bond donors (Lipinski definition) is 3. The highest BCUT2D eigenvalue weighted by Gasteiger charge is 2.22. The lowest BCUT2D eigenvalue weighted by molar-refractivity contribution is -0.117. The fourth-order valence-electron chi connectivity index (χ4n) is 3.15. The Morgan fingerprint density at radius 3 is 2.37 bits per heavy atom. The lowest BCUT2D eigenvalue weighted by atomic mass is 10.1. The number of nitrogens with one attached hydrogen (secondary N) is 3. The molecule has 6 nitrogen and oxygen atoms in total. The summed E-state index contributed by atoms with van der Waals surface area (Å²) >= 11 is 0. The summed E-state index contributed by atoms with van der Waals surface area (Å²) in [5.74, 6) is 1.29. The Hall–Kier alpha value is -3.25. The molecule has 3 aromatic rings. The zero-order valence-corrected chi connectivity index (χ0v) is 14.9. The van der Waals surface area contributed by atoms with Gasteiger partial charge >= 0.3 is 0 Å². The number of anilines is 3. The van der Waals surface area contributed by atoms with Crippen molar-refractivity contribution in [1.29, 1.82) is 0 Å². The average Bonchev–Trinajstić information content (AvgIpc) is 3.24.